The van der Waals surface area contributed by atoms with Gasteiger partial charge in [0.05, 0.1) is 4.92 Å². The fourth-order valence-corrected chi connectivity index (χ4v) is 3.08. The fraction of sp³-hybridized carbons (Fsp3) is 0.235. The molecule has 8 heteroatoms. The van der Waals surface area contributed by atoms with Crippen LogP contribution >= 0.6 is 22.6 Å². The van der Waals surface area contributed by atoms with Gasteiger partial charge in [-0.15, -0.1) is 0 Å². The molecular weight excluding hydrogens is 435 g/mol. The van der Waals surface area contributed by atoms with Crippen molar-refractivity contribution in [2.24, 2.45) is 0 Å². The summed E-state index contributed by atoms with van der Waals surface area (Å²) in [5.74, 6) is -0.291. The first kappa shape index (κ1) is 17.6. The lowest BCUT2D eigenvalue weighted by Gasteiger charge is -2.29. The predicted molar refractivity (Wildman–Crippen MR) is 105 cm³/mol. The van der Waals surface area contributed by atoms with E-state index in [9.17, 15) is 14.9 Å². The van der Waals surface area contributed by atoms with E-state index in [2.05, 4.69) is 33.2 Å². The number of piperazine rings is 1. The van der Waals surface area contributed by atoms with Crippen molar-refractivity contribution in [3.8, 4) is 0 Å². The molecule has 1 heterocycles. The smallest absolute Gasteiger partial charge is 0.294 e. The quantitative estimate of drug-likeness (QED) is 0.423. The van der Waals surface area contributed by atoms with Gasteiger partial charge in [0.25, 0.3) is 11.6 Å². The van der Waals surface area contributed by atoms with Crippen LogP contribution in [0, 0.1) is 13.7 Å². The molecule has 0 radical (unpaired) electrons. The number of rotatable bonds is 4. The Hall–Kier alpha value is -2.20. The number of anilines is 2. The van der Waals surface area contributed by atoms with Crippen molar-refractivity contribution in [2.75, 3.05) is 36.4 Å². The van der Waals surface area contributed by atoms with E-state index in [4.69, 9.17) is 0 Å². The molecule has 3 rings (SSSR count). The van der Waals surface area contributed by atoms with Crippen LogP contribution in [0.25, 0.3) is 0 Å². The largest absolute Gasteiger partial charge is 0.363 e. The fourth-order valence-electron chi connectivity index (χ4n) is 2.73. The Labute approximate surface area is 158 Å². The molecule has 0 saturated carbocycles. The first-order chi connectivity index (χ1) is 12.0. The summed E-state index contributed by atoms with van der Waals surface area (Å²) >= 11 is 2.16. The third kappa shape index (κ3) is 4.26. The molecule has 0 unspecified atom stereocenters. The molecule has 1 amide bonds. The third-order valence-corrected chi connectivity index (χ3v) is 4.71. The third-order valence-electron chi connectivity index (χ3n) is 3.99. The summed E-state index contributed by atoms with van der Waals surface area (Å²) in [4.78, 5) is 25.3. The van der Waals surface area contributed by atoms with Crippen LogP contribution in [0.3, 0.4) is 0 Å². The van der Waals surface area contributed by atoms with Crippen LogP contribution in [-0.2, 0) is 0 Å². The van der Waals surface area contributed by atoms with Gasteiger partial charge in [0.1, 0.15) is 5.69 Å². The minimum atomic E-state index is -0.405. The molecule has 1 fully saturated rings. The predicted octanol–water partition coefficient (Wildman–Crippen LogP) is 2.86. The maximum atomic E-state index is 12.3. The maximum Gasteiger partial charge on any atom is 0.294 e. The zero-order valence-corrected chi connectivity index (χ0v) is 15.5. The van der Waals surface area contributed by atoms with Crippen LogP contribution in [0.15, 0.2) is 42.5 Å². The molecule has 25 heavy (non-hydrogen) atoms. The van der Waals surface area contributed by atoms with Crippen LogP contribution in [0.4, 0.5) is 17.1 Å². The van der Waals surface area contributed by atoms with E-state index in [0.717, 1.165) is 29.7 Å². The molecule has 2 aromatic rings. The number of nitro groups is 1. The van der Waals surface area contributed by atoms with Gasteiger partial charge in [-0.2, -0.15) is 0 Å². The van der Waals surface area contributed by atoms with Crippen molar-refractivity contribution in [3.63, 3.8) is 0 Å². The van der Waals surface area contributed by atoms with Crippen molar-refractivity contribution in [2.45, 2.75) is 0 Å². The van der Waals surface area contributed by atoms with E-state index in [0.29, 0.717) is 16.9 Å². The van der Waals surface area contributed by atoms with Crippen LogP contribution < -0.4 is 15.5 Å². The van der Waals surface area contributed by atoms with Gasteiger partial charge in [-0.3, -0.25) is 14.9 Å². The summed E-state index contributed by atoms with van der Waals surface area (Å²) in [5.41, 5.74) is 1.50. The van der Waals surface area contributed by atoms with Crippen molar-refractivity contribution in [3.05, 3.63) is 61.7 Å². The molecule has 0 spiro atoms. The van der Waals surface area contributed by atoms with Crippen LogP contribution in [0.1, 0.15) is 10.4 Å². The molecule has 2 aromatic carbocycles. The van der Waals surface area contributed by atoms with Crippen LogP contribution in [-0.4, -0.2) is 37.0 Å². The molecule has 0 aromatic heterocycles. The second kappa shape index (κ2) is 7.79. The van der Waals surface area contributed by atoms with Gasteiger partial charge in [0.2, 0.25) is 0 Å². The van der Waals surface area contributed by atoms with E-state index in [1.54, 1.807) is 24.3 Å². The highest BCUT2D eigenvalue weighted by Crippen LogP contribution is 2.31. The van der Waals surface area contributed by atoms with Crippen molar-refractivity contribution < 1.29 is 9.72 Å². The SMILES string of the molecule is O=C(Nc1ccc(N2CCNCC2)c([N+](=O)[O-])c1)c1ccc(I)cc1. The lowest BCUT2D eigenvalue weighted by Crippen LogP contribution is -2.43. The number of carbonyl (C=O) groups is 1. The molecule has 0 aliphatic carbocycles. The maximum absolute atomic E-state index is 12.3. The minimum Gasteiger partial charge on any atom is -0.363 e. The summed E-state index contributed by atoms with van der Waals surface area (Å²) in [6, 6.07) is 11.9. The zero-order chi connectivity index (χ0) is 17.8. The Bertz CT molecular complexity index is 789. The molecule has 1 saturated heterocycles. The van der Waals surface area contributed by atoms with Gasteiger partial charge in [-0.05, 0) is 59.0 Å². The minimum absolute atomic E-state index is 0.00214. The normalized spacial score (nSPS) is 14.2. The molecule has 1 aliphatic heterocycles. The number of benzene rings is 2. The number of hydrogen-bond acceptors (Lipinski definition) is 5. The van der Waals surface area contributed by atoms with Crippen molar-refractivity contribution in [1.82, 2.24) is 5.32 Å². The average Bonchev–Trinajstić information content (AvgIpc) is 2.63. The number of halogens is 1. The second-order valence-electron chi connectivity index (χ2n) is 5.66. The summed E-state index contributed by atoms with van der Waals surface area (Å²) < 4.78 is 1.03. The molecule has 0 bridgehead atoms. The molecule has 7 nitrogen and oxygen atoms in total. The zero-order valence-electron chi connectivity index (χ0n) is 13.4. The van der Waals surface area contributed by atoms with Crippen molar-refractivity contribution >= 4 is 45.6 Å². The number of carbonyl (C=O) groups excluding carboxylic acids is 1. The highest BCUT2D eigenvalue weighted by Gasteiger charge is 2.22. The topological polar surface area (TPSA) is 87.5 Å². The summed E-state index contributed by atoms with van der Waals surface area (Å²) in [5, 5.41) is 17.4. The highest BCUT2D eigenvalue weighted by atomic mass is 127. The number of amides is 1. The van der Waals surface area contributed by atoms with E-state index < -0.39 is 4.92 Å². The average molecular weight is 452 g/mol. The van der Waals surface area contributed by atoms with Gasteiger partial charge in [-0.1, -0.05) is 0 Å². The Morgan fingerprint density at radius 1 is 1.16 bits per heavy atom. The van der Waals surface area contributed by atoms with E-state index >= 15 is 0 Å². The number of nitrogens with zero attached hydrogens (tertiary/aromatic N) is 2. The first-order valence-corrected chi connectivity index (χ1v) is 8.93. The summed E-state index contributed by atoms with van der Waals surface area (Å²) in [6.45, 7) is 3.02. The Morgan fingerprint density at radius 3 is 2.48 bits per heavy atom. The van der Waals surface area contributed by atoms with Gasteiger partial charge in [0.15, 0.2) is 0 Å². The van der Waals surface area contributed by atoms with E-state index in [1.807, 2.05) is 17.0 Å². The van der Waals surface area contributed by atoms with E-state index in [1.165, 1.54) is 6.07 Å². The Morgan fingerprint density at radius 2 is 1.84 bits per heavy atom. The number of hydrogen-bond donors (Lipinski definition) is 2. The van der Waals surface area contributed by atoms with Gasteiger partial charge in [0, 0.05) is 47.1 Å². The molecule has 0 atom stereocenters. The first-order valence-electron chi connectivity index (χ1n) is 7.85. The summed E-state index contributed by atoms with van der Waals surface area (Å²) in [7, 11) is 0. The van der Waals surface area contributed by atoms with Crippen LogP contribution in [0.2, 0.25) is 0 Å². The Balaban J connectivity index is 1.82. The van der Waals surface area contributed by atoms with Gasteiger partial charge >= 0.3 is 0 Å². The molecule has 1 aliphatic rings. The monoisotopic (exact) mass is 452 g/mol. The standard InChI is InChI=1S/C17H17IN4O3/c18-13-3-1-12(2-4-13)17(23)20-14-5-6-15(16(11-14)22(24)25)21-9-7-19-8-10-21/h1-6,11,19H,7-10H2,(H,20,23). The number of nitrogens with one attached hydrogen (secondary N) is 2. The lowest BCUT2D eigenvalue weighted by atomic mass is 10.1. The van der Waals surface area contributed by atoms with Crippen molar-refractivity contribution in [1.29, 1.82) is 0 Å². The number of nitro benzene ring substituents is 1. The molecular formula is C17H17IN4O3. The molecule has 2 N–H and O–H groups in total. The van der Waals surface area contributed by atoms with E-state index in [-0.39, 0.29) is 11.6 Å². The highest BCUT2D eigenvalue weighted by molar-refractivity contribution is 14.1. The van der Waals surface area contributed by atoms with Crippen LogP contribution in [0.5, 0.6) is 0 Å². The summed E-state index contributed by atoms with van der Waals surface area (Å²) in [6.07, 6.45) is 0. The lowest BCUT2D eigenvalue weighted by molar-refractivity contribution is -0.384. The second-order valence-corrected chi connectivity index (χ2v) is 6.90. The molecule has 130 valence electrons. The Kier molecular flexibility index (Phi) is 5.49. The van der Waals surface area contributed by atoms with Gasteiger partial charge < -0.3 is 15.5 Å². The van der Waals surface area contributed by atoms with Gasteiger partial charge in [-0.25, -0.2) is 0 Å².